The van der Waals surface area contributed by atoms with Gasteiger partial charge in [-0.05, 0) is 18.8 Å². The smallest absolute Gasteiger partial charge is 0.199 e. The van der Waals surface area contributed by atoms with Crippen molar-refractivity contribution in [3.8, 4) is 0 Å². The Morgan fingerprint density at radius 3 is 2.39 bits per heavy atom. The van der Waals surface area contributed by atoms with Crippen LogP contribution in [-0.2, 0) is 9.47 Å². The van der Waals surface area contributed by atoms with Crippen molar-refractivity contribution in [1.29, 1.82) is 0 Å². The molecule has 0 aromatic rings. The molecule has 0 aliphatic carbocycles. The minimum Gasteiger partial charge on any atom is -0.478 e. The van der Waals surface area contributed by atoms with Crippen LogP contribution in [0.25, 0.3) is 0 Å². The topological polar surface area (TPSA) is 43.2 Å². The molecule has 4 heteroatoms. The van der Waals surface area contributed by atoms with E-state index in [0.717, 1.165) is 31.2 Å². The van der Waals surface area contributed by atoms with Crippen molar-refractivity contribution in [3.05, 3.63) is 0 Å². The Hall–Kier alpha value is -1.06. The normalized spacial score (nSPS) is 23.7. The number of ether oxygens (including phenoxy) is 2. The van der Waals surface area contributed by atoms with Crippen LogP contribution in [0.4, 0.5) is 0 Å². The van der Waals surface area contributed by atoms with Crippen molar-refractivity contribution in [2.24, 2.45) is 21.3 Å². The lowest BCUT2D eigenvalue weighted by Crippen LogP contribution is -2.39. The van der Waals surface area contributed by atoms with Gasteiger partial charge in [0.05, 0.1) is 12.6 Å². The summed E-state index contributed by atoms with van der Waals surface area (Å²) in [4.78, 5) is 9.28. The minimum atomic E-state index is -0.236. The molecule has 0 bridgehead atoms. The second kappa shape index (κ2) is 5.29. The molecule has 2 rings (SSSR count). The van der Waals surface area contributed by atoms with Crippen LogP contribution >= 0.6 is 0 Å². The van der Waals surface area contributed by atoms with Crippen molar-refractivity contribution < 1.29 is 9.47 Å². The molecule has 0 N–H and O–H groups in total. The third-order valence-corrected chi connectivity index (χ3v) is 4.05. The number of hydrogen-bond donors (Lipinski definition) is 0. The molecule has 0 aromatic carbocycles. The van der Waals surface area contributed by atoms with E-state index < -0.39 is 0 Å². The molecule has 0 saturated carbocycles. The Labute approximate surface area is 109 Å². The molecular weight excluding hydrogens is 228 g/mol. The zero-order chi connectivity index (χ0) is 13.2. The maximum absolute atomic E-state index is 5.88. The molecule has 0 saturated heterocycles. The number of hydrogen-bond acceptors (Lipinski definition) is 4. The fourth-order valence-corrected chi connectivity index (χ4v) is 2.56. The van der Waals surface area contributed by atoms with Gasteiger partial charge in [-0.1, -0.05) is 27.7 Å². The molecule has 2 heterocycles. The van der Waals surface area contributed by atoms with Gasteiger partial charge < -0.3 is 9.47 Å². The van der Waals surface area contributed by atoms with Crippen molar-refractivity contribution in [3.63, 3.8) is 0 Å². The molecular formula is C14H24N2O2. The summed E-state index contributed by atoms with van der Waals surface area (Å²) < 4.78 is 11.6. The first-order valence-electron chi connectivity index (χ1n) is 7.02. The zero-order valence-corrected chi connectivity index (χ0v) is 11.9. The van der Waals surface area contributed by atoms with Crippen LogP contribution in [0.2, 0.25) is 0 Å². The molecule has 1 atom stereocenters. The molecule has 0 amide bonds. The molecule has 0 aromatic heterocycles. The lowest BCUT2D eigenvalue weighted by Gasteiger charge is -2.29. The fourth-order valence-electron chi connectivity index (χ4n) is 2.56. The molecule has 18 heavy (non-hydrogen) atoms. The van der Waals surface area contributed by atoms with Gasteiger partial charge in [-0.3, -0.25) is 4.99 Å². The Morgan fingerprint density at radius 2 is 1.94 bits per heavy atom. The predicted octanol–water partition coefficient (Wildman–Crippen LogP) is 2.67. The van der Waals surface area contributed by atoms with E-state index in [1.54, 1.807) is 0 Å². The van der Waals surface area contributed by atoms with Gasteiger partial charge in [-0.25, -0.2) is 4.99 Å². The standard InChI is InChI=1S/C14H24N2O2/c1-5-14(6-2,12-15-7-8-17-12)13-16-11(9-18-13)10(3)4/h10-11H,5-9H2,1-4H3. The summed E-state index contributed by atoms with van der Waals surface area (Å²) >= 11 is 0. The summed E-state index contributed by atoms with van der Waals surface area (Å²) in [6.07, 6.45) is 1.85. The lowest BCUT2D eigenvalue weighted by atomic mass is 9.81. The number of nitrogens with zero attached hydrogens (tertiary/aromatic N) is 2. The van der Waals surface area contributed by atoms with Gasteiger partial charge in [0.2, 0.25) is 0 Å². The average Bonchev–Trinajstić information content (AvgIpc) is 3.02. The van der Waals surface area contributed by atoms with E-state index in [9.17, 15) is 0 Å². The molecule has 2 aliphatic rings. The van der Waals surface area contributed by atoms with Gasteiger partial charge in [-0.2, -0.15) is 0 Å². The van der Waals surface area contributed by atoms with E-state index in [2.05, 4.69) is 32.7 Å². The highest BCUT2D eigenvalue weighted by Crippen LogP contribution is 2.36. The maximum Gasteiger partial charge on any atom is 0.199 e. The number of aliphatic imine (C=N–C) groups is 2. The highest BCUT2D eigenvalue weighted by molar-refractivity contribution is 6.06. The molecule has 0 fully saturated rings. The quantitative estimate of drug-likeness (QED) is 0.755. The molecule has 1 unspecified atom stereocenters. The van der Waals surface area contributed by atoms with E-state index in [4.69, 9.17) is 14.5 Å². The summed E-state index contributed by atoms with van der Waals surface area (Å²) in [5.74, 6) is 2.18. The summed E-state index contributed by atoms with van der Waals surface area (Å²) in [7, 11) is 0. The van der Waals surface area contributed by atoms with E-state index in [0.29, 0.717) is 19.1 Å². The Morgan fingerprint density at radius 1 is 1.22 bits per heavy atom. The fraction of sp³-hybridized carbons (Fsp3) is 0.857. The van der Waals surface area contributed by atoms with Crippen LogP contribution in [0.5, 0.6) is 0 Å². The van der Waals surface area contributed by atoms with Gasteiger partial charge >= 0.3 is 0 Å². The second-order valence-corrected chi connectivity index (χ2v) is 5.38. The van der Waals surface area contributed by atoms with Gasteiger partial charge in [0.25, 0.3) is 0 Å². The van der Waals surface area contributed by atoms with E-state index in [1.807, 2.05) is 0 Å². The monoisotopic (exact) mass is 252 g/mol. The molecule has 0 spiro atoms. The van der Waals surface area contributed by atoms with Crippen LogP contribution < -0.4 is 0 Å². The average molecular weight is 252 g/mol. The van der Waals surface area contributed by atoms with Gasteiger partial charge in [-0.15, -0.1) is 0 Å². The molecule has 2 aliphatic heterocycles. The third-order valence-electron chi connectivity index (χ3n) is 4.05. The summed E-state index contributed by atoms with van der Waals surface area (Å²) in [6, 6.07) is 0.277. The van der Waals surface area contributed by atoms with E-state index >= 15 is 0 Å². The largest absolute Gasteiger partial charge is 0.478 e. The summed E-state index contributed by atoms with van der Waals surface area (Å²) in [5, 5.41) is 0. The van der Waals surface area contributed by atoms with Crippen LogP contribution in [0.3, 0.4) is 0 Å². The Kier molecular flexibility index (Phi) is 3.93. The van der Waals surface area contributed by atoms with Gasteiger partial charge in [0.1, 0.15) is 18.6 Å². The van der Waals surface area contributed by atoms with Crippen LogP contribution in [-0.4, -0.2) is 37.6 Å². The van der Waals surface area contributed by atoms with Crippen molar-refractivity contribution >= 4 is 11.8 Å². The van der Waals surface area contributed by atoms with Crippen molar-refractivity contribution in [1.82, 2.24) is 0 Å². The van der Waals surface area contributed by atoms with Gasteiger partial charge in [0.15, 0.2) is 11.8 Å². The predicted molar refractivity (Wildman–Crippen MR) is 73.3 cm³/mol. The second-order valence-electron chi connectivity index (χ2n) is 5.38. The van der Waals surface area contributed by atoms with Crippen LogP contribution in [0.15, 0.2) is 9.98 Å². The van der Waals surface area contributed by atoms with Crippen LogP contribution in [0, 0.1) is 11.3 Å². The first-order valence-corrected chi connectivity index (χ1v) is 7.02. The first-order chi connectivity index (χ1) is 8.64. The zero-order valence-electron chi connectivity index (χ0n) is 11.9. The van der Waals surface area contributed by atoms with Crippen molar-refractivity contribution in [2.45, 2.75) is 46.6 Å². The SMILES string of the molecule is CCC(CC)(C1=NCCO1)C1=NC(C(C)C)CO1. The third kappa shape index (κ3) is 2.13. The Balaban J connectivity index is 2.28. The summed E-state index contributed by atoms with van der Waals surface area (Å²) in [6.45, 7) is 10.8. The Bertz CT molecular complexity index is 357. The first kappa shape index (κ1) is 13.4. The minimum absolute atomic E-state index is 0.236. The summed E-state index contributed by atoms with van der Waals surface area (Å²) in [5.41, 5.74) is -0.236. The highest BCUT2D eigenvalue weighted by atomic mass is 16.5. The maximum atomic E-state index is 5.88. The number of rotatable bonds is 5. The lowest BCUT2D eigenvalue weighted by molar-refractivity contribution is 0.242. The molecule has 102 valence electrons. The van der Waals surface area contributed by atoms with E-state index in [1.165, 1.54) is 0 Å². The molecule has 0 radical (unpaired) electrons. The van der Waals surface area contributed by atoms with Gasteiger partial charge in [0, 0.05) is 0 Å². The van der Waals surface area contributed by atoms with E-state index in [-0.39, 0.29) is 11.5 Å². The highest BCUT2D eigenvalue weighted by Gasteiger charge is 2.45. The molecule has 4 nitrogen and oxygen atoms in total. The van der Waals surface area contributed by atoms with Crippen molar-refractivity contribution in [2.75, 3.05) is 19.8 Å². The van der Waals surface area contributed by atoms with Crippen LogP contribution in [0.1, 0.15) is 40.5 Å².